The molecule has 4 heteroatoms. The molecule has 0 bridgehead atoms. The Kier molecular flexibility index (Phi) is 3.72. The van der Waals surface area contributed by atoms with E-state index in [1.54, 1.807) is 11.3 Å². The molecule has 0 aliphatic heterocycles. The molecule has 1 saturated carbocycles. The molecule has 2 rings (SSSR count). The fraction of sp³-hybridized carbons (Fsp3) is 0.750. The summed E-state index contributed by atoms with van der Waals surface area (Å²) in [5.41, 5.74) is -0.665. The first-order valence-corrected chi connectivity index (χ1v) is 7.52. The molecule has 0 radical (unpaired) electrons. The number of thiazole rings is 1. The van der Waals surface area contributed by atoms with Crippen molar-refractivity contribution in [3.63, 3.8) is 0 Å². The first kappa shape index (κ1) is 12.5. The number of nitrogens with zero attached hydrogens (tertiary/aromatic N) is 1. The number of rotatable bonds is 2. The first-order chi connectivity index (χ1) is 7.51. The molecule has 1 aliphatic rings. The van der Waals surface area contributed by atoms with Gasteiger partial charge in [-0.25, -0.2) is 4.98 Å². The number of halogens is 1. The van der Waals surface area contributed by atoms with Crippen LogP contribution in [0.1, 0.15) is 44.5 Å². The lowest BCUT2D eigenvalue weighted by Gasteiger charge is -2.36. The molecule has 0 spiro atoms. The predicted octanol–water partition coefficient (Wildman–Crippen LogP) is 3.94. The molecular weight excluding hydrogens is 286 g/mol. The van der Waals surface area contributed by atoms with Crippen LogP contribution in [0.25, 0.3) is 0 Å². The van der Waals surface area contributed by atoms with Gasteiger partial charge in [0.1, 0.15) is 15.2 Å². The van der Waals surface area contributed by atoms with E-state index in [0.29, 0.717) is 0 Å². The van der Waals surface area contributed by atoms with Gasteiger partial charge in [-0.1, -0.05) is 13.8 Å². The van der Waals surface area contributed by atoms with E-state index >= 15 is 0 Å². The number of hydrogen-bond donors (Lipinski definition) is 1. The van der Waals surface area contributed by atoms with Gasteiger partial charge in [-0.05, 0) is 53.4 Å². The van der Waals surface area contributed by atoms with Crippen molar-refractivity contribution in [3.8, 4) is 0 Å². The van der Waals surface area contributed by atoms with Gasteiger partial charge in [0.15, 0.2) is 0 Å². The van der Waals surface area contributed by atoms with E-state index in [1.165, 1.54) is 0 Å². The van der Waals surface area contributed by atoms with Crippen LogP contribution in [0.2, 0.25) is 0 Å². The van der Waals surface area contributed by atoms with Crippen molar-refractivity contribution < 1.29 is 5.11 Å². The Balaban J connectivity index is 2.06. The normalized spacial score (nSPS) is 30.9. The minimum absolute atomic E-state index is 0.665. The Hall–Kier alpha value is 0.0700. The van der Waals surface area contributed by atoms with Gasteiger partial charge in [0, 0.05) is 5.38 Å². The summed E-state index contributed by atoms with van der Waals surface area (Å²) < 4.78 is 0.840. The maximum absolute atomic E-state index is 10.6. The number of hydrogen-bond acceptors (Lipinski definition) is 3. The van der Waals surface area contributed by atoms with Crippen LogP contribution in [0.4, 0.5) is 0 Å². The molecule has 0 saturated heterocycles. The van der Waals surface area contributed by atoms with Gasteiger partial charge in [0.25, 0.3) is 0 Å². The molecule has 0 amide bonds. The van der Waals surface area contributed by atoms with Gasteiger partial charge in [0.05, 0.1) is 0 Å². The molecule has 1 aromatic heterocycles. The average molecular weight is 304 g/mol. The molecule has 1 aromatic rings. The molecule has 0 unspecified atom stereocenters. The molecule has 1 aliphatic carbocycles. The van der Waals surface area contributed by atoms with Crippen LogP contribution < -0.4 is 0 Å². The van der Waals surface area contributed by atoms with E-state index in [0.717, 1.165) is 47.1 Å². The van der Waals surface area contributed by atoms with Crippen LogP contribution in [0.3, 0.4) is 0 Å². The zero-order chi connectivity index (χ0) is 11.8. The Morgan fingerprint density at radius 2 is 2.12 bits per heavy atom. The van der Waals surface area contributed by atoms with Crippen LogP contribution in [-0.4, -0.2) is 10.1 Å². The predicted molar refractivity (Wildman–Crippen MR) is 70.5 cm³/mol. The molecule has 16 heavy (non-hydrogen) atoms. The molecule has 90 valence electrons. The summed E-state index contributed by atoms with van der Waals surface area (Å²) in [5.74, 6) is 1.50. The number of aliphatic hydroxyl groups is 1. The Morgan fingerprint density at radius 3 is 2.56 bits per heavy atom. The Labute approximate surface area is 109 Å². The smallest absolute Gasteiger partial charge is 0.126 e. The van der Waals surface area contributed by atoms with E-state index in [4.69, 9.17) is 0 Å². The second-order valence-electron chi connectivity index (χ2n) is 5.09. The highest BCUT2D eigenvalue weighted by molar-refractivity contribution is 9.10. The summed E-state index contributed by atoms with van der Waals surface area (Å²) >= 11 is 4.90. The zero-order valence-corrected chi connectivity index (χ0v) is 12.1. The quantitative estimate of drug-likeness (QED) is 0.897. The lowest BCUT2D eigenvalue weighted by Crippen LogP contribution is -2.32. The van der Waals surface area contributed by atoms with E-state index < -0.39 is 5.60 Å². The molecular formula is C12H18BrNOS. The van der Waals surface area contributed by atoms with Crippen molar-refractivity contribution >= 4 is 27.3 Å². The van der Waals surface area contributed by atoms with Crippen molar-refractivity contribution in [3.05, 3.63) is 15.0 Å². The molecule has 1 N–H and O–H groups in total. The summed E-state index contributed by atoms with van der Waals surface area (Å²) in [4.78, 5) is 4.36. The van der Waals surface area contributed by atoms with Gasteiger partial charge in [-0.15, -0.1) is 11.3 Å². The minimum Gasteiger partial charge on any atom is -0.383 e. The largest absolute Gasteiger partial charge is 0.383 e. The van der Waals surface area contributed by atoms with Crippen molar-refractivity contribution in [2.75, 3.05) is 0 Å². The lowest BCUT2D eigenvalue weighted by atomic mass is 9.75. The van der Waals surface area contributed by atoms with Gasteiger partial charge in [-0.3, -0.25) is 0 Å². The van der Waals surface area contributed by atoms with E-state index in [-0.39, 0.29) is 0 Å². The van der Waals surface area contributed by atoms with Gasteiger partial charge in [-0.2, -0.15) is 0 Å². The molecule has 0 aromatic carbocycles. The SMILES string of the molecule is CC(C)C1CCC(O)(c2nc(Br)cs2)CC1. The fourth-order valence-electron chi connectivity index (χ4n) is 2.47. The van der Waals surface area contributed by atoms with Crippen molar-refractivity contribution in [1.29, 1.82) is 0 Å². The third-order valence-electron chi connectivity index (χ3n) is 3.67. The van der Waals surface area contributed by atoms with Gasteiger partial charge >= 0.3 is 0 Å². The summed E-state index contributed by atoms with van der Waals surface area (Å²) in [7, 11) is 0. The highest BCUT2D eigenvalue weighted by Crippen LogP contribution is 2.42. The van der Waals surface area contributed by atoms with Crippen molar-refractivity contribution in [2.24, 2.45) is 11.8 Å². The van der Waals surface area contributed by atoms with E-state index in [2.05, 4.69) is 34.8 Å². The monoisotopic (exact) mass is 303 g/mol. The van der Waals surface area contributed by atoms with Crippen LogP contribution in [0, 0.1) is 11.8 Å². The standard InChI is InChI=1S/C12H18BrNOS/c1-8(2)9-3-5-12(15,6-4-9)11-14-10(13)7-16-11/h7-9,15H,3-6H2,1-2H3. The summed E-state index contributed by atoms with van der Waals surface area (Å²) in [6.45, 7) is 4.55. The van der Waals surface area contributed by atoms with Crippen LogP contribution >= 0.6 is 27.3 Å². The van der Waals surface area contributed by atoms with Crippen LogP contribution in [0.5, 0.6) is 0 Å². The fourth-order valence-corrected chi connectivity index (χ4v) is 3.88. The Morgan fingerprint density at radius 1 is 1.50 bits per heavy atom. The topological polar surface area (TPSA) is 33.1 Å². The zero-order valence-electron chi connectivity index (χ0n) is 9.74. The van der Waals surface area contributed by atoms with E-state index in [9.17, 15) is 5.11 Å². The molecule has 1 heterocycles. The number of aromatic nitrogens is 1. The van der Waals surface area contributed by atoms with E-state index in [1.807, 2.05) is 5.38 Å². The summed E-state index contributed by atoms with van der Waals surface area (Å²) in [6.07, 6.45) is 3.95. The molecule has 1 fully saturated rings. The molecule has 0 atom stereocenters. The third-order valence-corrected chi connectivity index (χ3v) is 5.42. The third kappa shape index (κ3) is 2.49. The van der Waals surface area contributed by atoms with Crippen LogP contribution in [-0.2, 0) is 5.60 Å². The maximum atomic E-state index is 10.6. The lowest BCUT2D eigenvalue weighted by molar-refractivity contribution is -0.0201. The second-order valence-corrected chi connectivity index (χ2v) is 6.76. The highest BCUT2D eigenvalue weighted by atomic mass is 79.9. The van der Waals surface area contributed by atoms with Crippen molar-refractivity contribution in [1.82, 2.24) is 4.98 Å². The summed E-state index contributed by atoms with van der Waals surface area (Å²) in [6, 6.07) is 0. The molecule has 2 nitrogen and oxygen atoms in total. The van der Waals surface area contributed by atoms with Crippen molar-refractivity contribution in [2.45, 2.75) is 45.1 Å². The van der Waals surface area contributed by atoms with Gasteiger partial charge < -0.3 is 5.11 Å². The average Bonchev–Trinajstić information content (AvgIpc) is 2.66. The van der Waals surface area contributed by atoms with Crippen LogP contribution in [0.15, 0.2) is 9.98 Å². The highest BCUT2D eigenvalue weighted by Gasteiger charge is 2.37. The Bertz CT molecular complexity index is 356. The maximum Gasteiger partial charge on any atom is 0.126 e. The minimum atomic E-state index is -0.665. The first-order valence-electron chi connectivity index (χ1n) is 5.85. The second kappa shape index (κ2) is 4.75. The summed E-state index contributed by atoms with van der Waals surface area (Å²) in [5, 5.41) is 13.4. The van der Waals surface area contributed by atoms with Gasteiger partial charge in [0.2, 0.25) is 0 Å².